The monoisotopic (exact) mass is 515 g/mol. The zero-order valence-electron chi connectivity index (χ0n) is 21.7. The molecular formula is C30H29NO7. The van der Waals surface area contributed by atoms with E-state index in [4.69, 9.17) is 18.9 Å². The molecule has 0 aliphatic carbocycles. The van der Waals surface area contributed by atoms with Gasteiger partial charge in [-0.15, -0.1) is 0 Å². The molecule has 8 nitrogen and oxygen atoms in total. The first-order chi connectivity index (χ1) is 18.3. The molecule has 5 rings (SSSR count). The Labute approximate surface area is 221 Å². The largest absolute Gasteiger partial charge is 0.507 e. The molecule has 0 spiro atoms. The van der Waals surface area contributed by atoms with Crippen molar-refractivity contribution in [2.75, 3.05) is 21.3 Å². The summed E-state index contributed by atoms with van der Waals surface area (Å²) in [5.74, 6) is 0.719. The molecule has 3 aromatic rings. The highest BCUT2D eigenvalue weighted by Crippen LogP contribution is 2.43. The van der Waals surface area contributed by atoms with Crippen LogP contribution in [-0.4, -0.2) is 49.1 Å². The predicted molar refractivity (Wildman–Crippen MR) is 141 cm³/mol. The number of hydrogen-bond acceptors (Lipinski definition) is 7. The first-order valence-electron chi connectivity index (χ1n) is 12.3. The van der Waals surface area contributed by atoms with Crippen LogP contribution in [0.5, 0.6) is 23.0 Å². The third-order valence-corrected chi connectivity index (χ3v) is 6.94. The highest BCUT2D eigenvalue weighted by molar-refractivity contribution is 6.46. The molecule has 1 saturated heterocycles. The number of carbonyl (C=O) groups is 2. The fourth-order valence-corrected chi connectivity index (χ4v) is 5.07. The smallest absolute Gasteiger partial charge is 0.295 e. The molecule has 3 aromatic carbocycles. The molecule has 196 valence electrons. The number of aliphatic hydroxyl groups is 1. The highest BCUT2D eigenvalue weighted by Gasteiger charge is 2.46. The van der Waals surface area contributed by atoms with Crippen LogP contribution in [0, 0.1) is 0 Å². The van der Waals surface area contributed by atoms with Crippen LogP contribution in [-0.2, 0) is 22.6 Å². The second kappa shape index (κ2) is 10.1. The maximum Gasteiger partial charge on any atom is 0.295 e. The lowest BCUT2D eigenvalue weighted by Gasteiger charge is -2.26. The van der Waals surface area contributed by atoms with Crippen LogP contribution in [0.15, 0.2) is 66.2 Å². The summed E-state index contributed by atoms with van der Waals surface area (Å²) >= 11 is 0. The Kier molecular flexibility index (Phi) is 6.72. The van der Waals surface area contributed by atoms with Crippen LogP contribution in [0.25, 0.3) is 5.76 Å². The molecule has 0 aromatic heterocycles. The number of Topliss-reactive ketones (excluding diaryl/α,β-unsaturated/α-hetero) is 1. The first kappa shape index (κ1) is 25.2. The number of benzene rings is 3. The van der Waals surface area contributed by atoms with Crippen LogP contribution in [0.2, 0.25) is 0 Å². The average molecular weight is 516 g/mol. The highest BCUT2D eigenvalue weighted by atomic mass is 16.5. The summed E-state index contributed by atoms with van der Waals surface area (Å²) in [6.07, 6.45) is 0.727. The number of likely N-dealkylation sites (tertiary alicyclic amines) is 1. The Morgan fingerprint density at radius 1 is 0.947 bits per heavy atom. The van der Waals surface area contributed by atoms with Gasteiger partial charge in [0.15, 0.2) is 11.5 Å². The van der Waals surface area contributed by atoms with Crippen molar-refractivity contribution in [2.24, 2.45) is 0 Å². The van der Waals surface area contributed by atoms with E-state index in [1.54, 1.807) is 49.6 Å². The number of rotatable bonds is 7. The average Bonchev–Trinajstić information content (AvgIpc) is 3.43. The third kappa shape index (κ3) is 4.42. The zero-order valence-corrected chi connectivity index (χ0v) is 21.7. The van der Waals surface area contributed by atoms with Gasteiger partial charge in [-0.05, 0) is 66.1 Å². The molecule has 1 fully saturated rings. The van der Waals surface area contributed by atoms with E-state index in [1.807, 2.05) is 25.1 Å². The number of ether oxygens (including phenoxy) is 4. The minimum absolute atomic E-state index is 0.0163. The van der Waals surface area contributed by atoms with Gasteiger partial charge in [-0.25, -0.2) is 0 Å². The lowest BCUT2D eigenvalue weighted by Crippen LogP contribution is -2.29. The van der Waals surface area contributed by atoms with E-state index in [1.165, 1.54) is 19.1 Å². The number of amides is 1. The fraction of sp³-hybridized carbons (Fsp3) is 0.267. The summed E-state index contributed by atoms with van der Waals surface area (Å²) in [4.78, 5) is 28.3. The second-order valence-corrected chi connectivity index (χ2v) is 9.34. The van der Waals surface area contributed by atoms with Crippen LogP contribution < -0.4 is 18.9 Å². The van der Waals surface area contributed by atoms with E-state index in [9.17, 15) is 14.7 Å². The quantitative estimate of drug-likeness (QED) is 0.278. The van der Waals surface area contributed by atoms with Crippen LogP contribution in [0.4, 0.5) is 0 Å². The zero-order chi connectivity index (χ0) is 27.0. The van der Waals surface area contributed by atoms with Crippen molar-refractivity contribution >= 4 is 17.4 Å². The summed E-state index contributed by atoms with van der Waals surface area (Å²) in [7, 11) is 4.63. The Morgan fingerprint density at radius 2 is 1.68 bits per heavy atom. The van der Waals surface area contributed by atoms with Gasteiger partial charge in [0.2, 0.25) is 0 Å². The Morgan fingerprint density at radius 3 is 2.37 bits per heavy atom. The van der Waals surface area contributed by atoms with E-state index in [0.717, 1.165) is 16.9 Å². The normalized spacial score (nSPS) is 19.7. The van der Waals surface area contributed by atoms with E-state index >= 15 is 0 Å². The van der Waals surface area contributed by atoms with Crippen molar-refractivity contribution in [3.63, 3.8) is 0 Å². The molecule has 1 N–H and O–H groups in total. The molecule has 2 aliphatic heterocycles. The summed E-state index contributed by atoms with van der Waals surface area (Å²) in [6.45, 7) is 2.13. The van der Waals surface area contributed by atoms with Crippen molar-refractivity contribution in [3.05, 3.63) is 88.5 Å². The molecule has 2 aliphatic rings. The van der Waals surface area contributed by atoms with Crippen LogP contribution in [0.1, 0.15) is 35.2 Å². The van der Waals surface area contributed by atoms with Crippen molar-refractivity contribution < 1.29 is 33.6 Å². The Balaban J connectivity index is 1.63. The van der Waals surface area contributed by atoms with Gasteiger partial charge in [0.05, 0.1) is 32.9 Å². The van der Waals surface area contributed by atoms with E-state index < -0.39 is 17.7 Å². The molecule has 0 bridgehead atoms. The number of carbonyl (C=O) groups excluding carboxylic acids is 2. The number of nitrogens with zero attached hydrogens (tertiary/aromatic N) is 1. The van der Waals surface area contributed by atoms with E-state index in [0.29, 0.717) is 34.8 Å². The predicted octanol–water partition coefficient (Wildman–Crippen LogP) is 4.66. The van der Waals surface area contributed by atoms with Crippen LogP contribution >= 0.6 is 0 Å². The van der Waals surface area contributed by atoms with Gasteiger partial charge in [-0.2, -0.15) is 0 Å². The lowest BCUT2D eigenvalue weighted by molar-refractivity contribution is -0.140. The molecule has 2 unspecified atom stereocenters. The Bertz CT molecular complexity index is 1430. The molecule has 0 radical (unpaired) electrons. The van der Waals surface area contributed by atoms with Crippen molar-refractivity contribution in [1.82, 2.24) is 4.90 Å². The van der Waals surface area contributed by atoms with Gasteiger partial charge >= 0.3 is 0 Å². The van der Waals surface area contributed by atoms with Gasteiger partial charge in [0, 0.05) is 18.5 Å². The van der Waals surface area contributed by atoms with E-state index in [-0.39, 0.29) is 24.0 Å². The fourth-order valence-electron chi connectivity index (χ4n) is 5.07. The topological polar surface area (TPSA) is 94.5 Å². The molecular weight excluding hydrogens is 486 g/mol. The SMILES string of the molecule is COc1ccc(CN2C(=O)C(=O)/C(=C(/O)c3ccc4c(c3)CC(C)O4)C2c2ccc(OC)c(OC)c2)cc1. The molecule has 2 heterocycles. The summed E-state index contributed by atoms with van der Waals surface area (Å²) < 4.78 is 21.9. The van der Waals surface area contributed by atoms with Gasteiger partial charge in [-0.3, -0.25) is 9.59 Å². The molecule has 38 heavy (non-hydrogen) atoms. The number of aliphatic hydroxyl groups excluding tert-OH is 1. The maximum atomic E-state index is 13.5. The van der Waals surface area contributed by atoms with Gasteiger partial charge in [0.25, 0.3) is 11.7 Å². The maximum absolute atomic E-state index is 13.5. The number of ketones is 1. The number of methoxy groups -OCH3 is 3. The van der Waals surface area contributed by atoms with Crippen molar-refractivity contribution in [2.45, 2.75) is 32.0 Å². The summed E-state index contributed by atoms with van der Waals surface area (Å²) in [5, 5.41) is 11.5. The van der Waals surface area contributed by atoms with Crippen LogP contribution in [0.3, 0.4) is 0 Å². The summed E-state index contributed by atoms with van der Waals surface area (Å²) in [5.41, 5.74) is 2.82. The molecule has 0 saturated carbocycles. The van der Waals surface area contributed by atoms with Gasteiger partial charge in [-0.1, -0.05) is 18.2 Å². The van der Waals surface area contributed by atoms with Gasteiger partial charge in [0.1, 0.15) is 23.4 Å². The lowest BCUT2D eigenvalue weighted by atomic mass is 9.94. The Hall–Kier alpha value is -4.46. The standard InChI is InChI=1S/C30H29NO7/c1-17-13-21-14-20(8-11-23(21)38-17)28(32)26-27(19-7-12-24(36-3)25(15-19)37-4)31(30(34)29(26)33)16-18-5-9-22(35-2)10-6-18/h5-12,14-15,17,27,32H,13,16H2,1-4H3/b28-26+. The second-order valence-electron chi connectivity index (χ2n) is 9.34. The van der Waals surface area contributed by atoms with Gasteiger partial charge < -0.3 is 29.0 Å². The third-order valence-electron chi connectivity index (χ3n) is 6.94. The minimum atomic E-state index is -0.847. The first-order valence-corrected chi connectivity index (χ1v) is 12.3. The molecule has 8 heteroatoms. The molecule has 1 amide bonds. The van der Waals surface area contributed by atoms with Crippen molar-refractivity contribution in [3.8, 4) is 23.0 Å². The minimum Gasteiger partial charge on any atom is -0.507 e. The number of hydrogen-bond donors (Lipinski definition) is 1. The number of fused-ring (bicyclic) bond motifs is 1. The summed E-state index contributed by atoms with van der Waals surface area (Å²) in [6, 6.07) is 16.9. The molecule has 2 atom stereocenters. The van der Waals surface area contributed by atoms with Crippen molar-refractivity contribution in [1.29, 1.82) is 0 Å². The van der Waals surface area contributed by atoms with E-state index in [2.05, 4.69) is 0 Å².